The molecule has 1 N–H and O–H groups in total. The van der Waals surface area contributed by atoms with Crippen LogP contribution in [0.5, 0.6) is 0 Å². The second-order valence-corrected chi connectivity index (χ2v) is 12.9. The molecule has 1 saturated carbocycles. The SMILES string of the molecule is Cc1cnc(C(F)(F)F)cc1[C@@H](CCN1CCCCC1)CCN(C)[C@@H](C(=O)O)c1cccc(C)c1C1CCC(OC(F)(F)F)CC1. The highest BCUT2D eigenvalue weighted by atomic mass is 19.4. The highest BCUT2D eigenvalue weighted by Gasteiger charge is 2.38. The van der Waals surface area contributed by atoms with Gasteiger partial charge >= 0.3 is 18.5 Å². The van der Waals surface area contributed by atoms with E-state index in [0.29, 0.717) is 48.9 Å². The number of aryl methyl sites for hydroxylation is 2. The molecule has 1 aromatic heterocycles. The van der Waals surface area contributed by atoms with Crippen molar-refractivity contribution in [3.63, 3.8) is 0 Å². The van der Waals surface area contributed by atoms with Gasteiger partial charge in [0.05, 0.1) is 6.10 Å². The number of nitrogens with zero attached hydrogens (tertiary/aromatic N) is 3. The summed E-state index contributed by atoms with van der Waals surface area (Å²) in [6.45, 7) is 6.60. The van der Waals surface area contributed by atoms with Crippen LogP contribution < -0.4 is 0 Å². The Kier molecular flexibility index (Phi) is 12.2. The zero-order valence-electron chi connectivity index (χ0n) is 26.8. The molecule has 0 spiro atoms. The van der Waals surface area contributed by atoms with Gasteiger partial charge in [0, 0.05) is 6.20 Å². The number of aromatic nitrogens is 1. The molecule has 2 atom stereocenters. The lowest BCUT2D eigenvalue weighted by atomic mass is 9.77. The van der Waals surface area contributed by atoms with Crippen molar-refractivity contribution in [2.75, 3.05) is 33.2 Å². The molecule has 0 amide bonds. The molecule has 0 radical (unpaired) electrons. The predicted molar refractivity (Wildman–Crippen MR) is 163 cm³/mol. The number of likely N-dealkylation sites (tertiary alicyclic amines) is 1. The predicted octanol–water partition coefficient (Wildman–Crippen LogP) is 8.39. The molecule has 46 heavy (non-hydrogen) atoms. The second kappa shape index (κ2) is 15.5. The average Bonchev–Trinajstić information content (AvgIpc) is 2.97. The zero-order valence-corrected chi connectivity index (χ0v) is 26.8. The molecule has 2 fully saturated rings. The first-order chi connectivity index (χ1) is 21.6. The van der Waals surface area contributed by atoms with Crippen LogP contribution in [0.25, 0.3) is 0 Å². The van der Waals surface area contributed by atoms with Crippen LogP contribution >= 0.6 is 0 Å². The molecule has 2 aromatic rings. The van der Waals surface area contributed by atoms with E-state index in [1.165, 1.54) is 12.6 Å². The summed E-state index contributed by atoms with van der Waals surface area (Å²) >= 11 is 0. The number of halogens is 6. The number of rotatable bonds is 12. The van der Waals surface area contributed by atoms with Crippen LogP contribution in [0.2, 0.25) is 0 Å². The van der Waals surface area contributed by atoms with Crippen LogP contribution in [0.3, 0.4) is 0 Å². The van der Waals surface area contributed by atoms with E-state index >= 15 is 0 Å². The Morgan fingerprint density at radius 1 is 1.00 bits per heavy atom. The Bertz CT molecular complexity index is 1300. The van der Waals surface area contributed by atoms with Crippen molar-refractivity contribution in [2.24, 2.45) is 0 Å². The number of likely N-dealkylation sites (N-methyl/N-ethyl adjacent to an activating group) is 1. The van der Waals surface area contributed by atoms with Gasteiger partial charge in [0.25, 0.3) is 0 Å². The maximum absolute atomic E-state index is 13.7. The fraction of sp³-hybridized carbons (Fsp3) is 0.647. The number of hydrogen-bond acceptors (Lipinski definition) is 5. The van der Waals surface area contributed by atoms with E-state index in [1.807, 2.05) is 13.0 Å². The summed E-state index contributed by atoms with van der Waals surface area (Å²) in [4.78, 5) is 20.5. The molecule has 1 aromatic carbocycles. The third-order valence-electron chi connectivity index (χ3n) is 9.66. The van der Waals surface area contributed by atoms with Gasteiger partial charge in [0.15, 0.2) is 0 Å². The molecule has 1 aliphatic carbocycles. The molecule has 0 bridgehead atoms. The lowest BCUT2D eigenvalue weighted by Gasteiger charge is -2.34. The van der Waals surface area contributed by atoms with E-state index in [1.54, 1.807) is 31.0 Å². The standard InChI is InChI=1S/C34H45F6N3O3/c1-22-8-7-9-27(30(22)25-10-12-26(13-11-25)46-34(38,39)40)31(32(44)45)42(3)18-14-24(15-19-43-16-5-4-6-17-43)28-20-29(33(35,36)37)41-21-23(28)2/h7-9,20-21,24-26,31H,4-6,10-19H2,1-3H3,(H,44,45)/t24-,25?,26?,31-/m1/s1. The average molecular weight is 658 g/mol. The lowest BCUT2D eigenvalue weighted by molar-refractivity contribution is -0.345. The summed E-state index contributed by atoms with van der Waals surface area (Å²) in [7, 11) is 1.71. The maximum atomic E-state index is 13.7. The van der Waals surface area contributed by atoms with E-state index in [2.05, 4.69) is 14.6 Å². The zero-order chi connectivity index (χ0) is 33.6. The highest BCUT2D eigenvalue weighted by Crippen LogP contribution is 2.41. The van der Waals surface area contributed by atoms with E-state index in [-0.39, 0.29) is 24.7 Å². The van der Waals surface area contributed by atoms with Gasteiger partial charge in [0.1, 0.15) is 11.7 Å². The van der Waals surface area contributed by atoms with Crippen LogP contribution in [0.1, 0.15) is 109 Å². The fourth-order valence-electron chi connectivity index (χ4n) is 7.32. The Balaban J connectivity index is 1.55. The van der Waals surface area contributed by atoms with Crippen molar-refractivity contribution in [3.8, 4) is 0 Å². The number of aliphatic carboxylic acids is 1. The second-order valence-electron chi connectivity index (χ2n) is 12.9. The fourth-order valence-corrected chi connectivity index (χ4v) is 7.32. The van der Waals surface area contributed by atoms with Gasteiger partial charge < -0.3 is 10.0 Å². The van der Waals surface area contributed by atoms with Crippen molar-refractivity contribution in [1.82, 2.24) is 14.8 Å². The number of piperidine rings is 1. The van der Waals surface area contributed by atoms with Gasteiger partial charge in [-0.15, -0.1) is 13.2 Å². The smallest absolute Gasteiger partial charge is 0.480 e. The van der Waals surface area contributed by atoms with Gasteiger partial charge in [-0.25, -0.2) is 0 Å². The Labute approximate surface area is 267 Å². The van der Waals surface area contributed by atoms with Crippen LogP contribution in [0.15, 0.2) is 30.5 Å². The van der Waals surface area contributed by atoms with Crippen molar-refractivity contribution in [1.29, 1.82) is 0 Å². The van der Waals surface area contributed by atoms with E-state index < -0.39 is 36.3 Å². The molecular weight excluding hydrogens is 612 g/mol. The first-order valence-electron chi connectivity index (χ1n) is 16.2. The largest absolute Gasteiger partial charge is 0.522 e. The first-order valence-corrected chi connectivity index (χ1v) is 16.2. The Morgan fingerprint density at radius 3 is 2.28 bits per heavy atom. The Hall–Kier alpha value is -2.70. The molecule has 0 unspecified atom stereocenters. The van der Waals surface area contributed by atoms with Gasteiger partial charge in [-0.2, -0.15) is 13.2 Å². The summed E-state index contributed by atoms with van der Waals surface area (Å²) in [6.07, 6.45) is -3.18. The summed E-state index contributed by atoms with van der Waals surface area (Å²) in [5, 5.41) is 10.5. The first kappa shape index (κ1) is 36.1. The molecule has 6 nitrogen and oxygen atoms in total. The molecule has 256 valence electrons. The molecule has 12 heteroatoms. The molecule has 2 heterocycles. The quantitative estimate of drug-likeness (QED) is 0.232. The third kappa shape index (κ3) is 9.67. The van der Waals surface area contributed by atoms with Crippen molar-refractivity contribution in [3.05, 3.63) is 64.0 Å². The van der Waals surface area contributed by atoms with Gasteiger partial charge in [0.2, 0.25) is 0 Å². The van der Waals surface area contributed by atoms with E-state index in [4.69, 9.17) is 0 Å². The normalized spacial score (nSPS) is 21.3. The summed E-state index contributed by atoms with van der Waals surface area (Å²) < 4.78 is 83.6. The minimum absolute atomic E-state index is 0.114. The van der Waals surface area contributed by atoms with Crippen molar-refractivity contribution >= 4 is 5.97 Å². The van der Waals surface area contributed by atoms with Crippen LogP contribution in [0, 0.1) is 13.8 Å². The summed E-state index contributed by atoms with van der Waals surface area (Å²) in [5.41, 5.74) is 2.62. The van der Waals surface area contributed by atoms with Gasteiger partial charge in [-0.3, -0.25) is 19.4 Å². The minimum atomic E-state index is -4.70. The minimum Gasteiger partial charge on any atom is -0.480 e. The number of hydrogen-bond donors (Lipinski definition) is 1. The molecule has 4 rings (SSSR count). The number of carboxylic acid groups (broad SMARTS) is 1. The molecule has 1 aliphatic heterocycles. The van der Waals surface area contributed by atoms with Crippen molar-refractivity contribution in [2.45, 2.75) is 108 Å². The monoisotopic (exact) mass is 657 g/mol. The van der Waals surface area contributed by atoms with E-state index in [0.717, 1.165) is 49.7 Å². The van der Waals surface area contributed by atoms with Crippen LogP contribution in [0.4, 0.5) is 26.3 Å². The number of carbonyl (C=O) groups is 1. The molecule has 2 aliphatic rings. The number of alkyl halides is 6. The van der Waals surface area contributed by atoms with Crippen LogP contribution in [-0.2, 0) is 15.7 Å². The maximum Gasteiger partial charge on any atom is 0.522 e. The third-order valence-corrected chi connectivity index (χ3v) is 9.66. The number of benzene rings is 1. The van der Waals surface area contributed by atoms with E-state index in [9.17, 15) is 36.2 Å². The molecule has 1 saturated heterocycles. The molecular formula is C34H45F6N3O3. The Morgan fingerprint density at radius 2 is 1.67 bits per heavy atom. The number of pyridine rings is 1. The number of ether oxygens (including phenoxy) is 1. The van der Waals surface area contributed by atoms with Gasteiger partial charge in [-0.1, -0.05) is 24.6 Å². The summed E-state index contributed by atoms with van der Waals surface area (Å²) in [6, 6.07) is 5.55. The van der Waals surface area contributed by atoms with Crippen LogP contribution in [-0.4, -0.2) is 71.6 Å². The summed E-state index contributed by atoms with van der Waals surface area (Å²) in [5.74, 6) is -1.42. The highest BCUT2D eigenvalue weighted by molar-refractivity contribution is 5.76. The van der Waals surface area contributed by atoms with Crippen molar-refractivity contribution < 1.29 is 41.0 Å². The lowest BCUT2D eigenvalue weighted by Crippen LogP contribution is -2.35. The van der Waals surface area contributed by atoms with Gasteiger partial charge in [-0.05, 0) is 144 Å². The number of carboxylic acids is 1. The topological polar surface area (TPSA) is 65.9 Å².